The first kappa shape index (κ1) is 8.36. The van der Waals surface area contributed by atoms with E-state index in [4.69, 9.17) is 9.63 Å². The van der Waals surface area contributed by atoms with Crippen LogP contribution in [0, 0.1) is 0 Å². The van der Waals surface area contributed by atoms with Gasteiger partial charge in [0.1, 0.15) is 6.33 Å². The maximum atomic E-state index is 10.5. The smallest absolute Gasteiger partial charge is 0.358 e. The Kier molecular flexibility index (Phi) is 1.94. The Labute approximate surface area is 78.2 Å². The topological polar surface area (TPSA) is 89.1 Å². The number of nitrogens with zero attached hydrogens (tertiary/aromatic N) is 3. The number of hydrogen-bond donors (Lipinski definition) is 1. The largest absolute Gasteiger partial charge is 0.476 e. The highest BCUT2D eigenvalue weighted by atomic mass is 16.5. The van der Waals surface area contributed by atoms with E-state index in [0.29, 0.717) is 11.3 Å². The van der Waals surface area contributed by atoms with E-state index in [-0.39, 0.29) is 5.69 Å². The summed E-state index contributed by atoms with van der Waals surface area (Å²) in [5.74, 6) is -0.792. The molecule has 2 aromatic rings. The van der Waals surface area contributed by atoms with E-state index in [9.17, 15) is 4.79 Å². The molecule has 2 aromatic heterocycles. The lowest BCUT2D eigenvalue weighted by Crippen LogP contribution is -1.94. The summed E-state index contributed by atoms with van der Waals surface area (Å²) in [4.78, 5) is 18.0. The molecule has 0 unspecified atom stereocenters. The van der Waals surface area contributed by atoms with Crippen molar-refractivity contribution in [1.82, 2.24) is 15.1 Å². The Balaban J connectivity index is 2.39. The number of carbonyl (C=O) groups is 1. The zero-order valence-electron chi connectivity index (χ0n) is 6.91. The van der Waals surface area contributed by atoms with E-state index in [1.807, 2.05) is 0 Å². The number of carboxylic acids is 1. The van der Waals surface area contributed by atoms with Gasteiger partial charge in [0.2, 0.25) is 0 Å². The summed E-state index contributed by atoms with van der Waals surface area (Å²) >= 11 is 0. The van der Waals surface area contributed by atoms with Gasteiger partial charge < -0.3 is 9.63 Å². The zero-order chi connectivity index (χ0) is 9.97. The molecule has 14 heavy (non-hydrogen) atoms. The van der Waals surface area contributed by atoms with Crippen LogP contribution < -0.4 is 0 Å². The van der Waals surface area contributed by atoms with Crippen LogP contribution in [0.4, 0.5) is 0 Å². The highest BCUT2D eigenvalue weighted by molar-refractivity contribution is 5.86. The molecule has 0 spiro atoms. The van der Waals surface area contributed by atoms with Crippen LogP contribution >= 0.6 is 0 Å². The molecule has 0 fully saturated rings. The molecule has 70 valence electrons. The summed E-state index contributed by atoms with van der Waals surface area (Å²) in [6.07, 6.45) is 4.40. The molecule has 0 aliphatic carbocycles. The second-order valence-corrected chi connectivity index (χ2v) is 2.51. The molecule has 0 amide bonds. The molecule has 0 aliphatic rings. The van der Waals surface area contributed by atoms with Gasteiger partial charge in [-0.3, -0.25) is 0 Å². The number of aromatic carboxylic acids is 1. The maximum absolute atomic E-state index is 10.5. The van der Waals surface area contributed by atoms with E-state index < -0.39 is 5.97 Å². The van der Waals surface area contributed by atoms with Crippen molar-refractivity contribution in [3.05, 3.63) is 30.5 Å². The van der Waals surface area contributed by atoms with Crippen molar-refractivity contribution in [2.45, 2.75) is 0 Å². The first-order valence-electron chi connectivity index (χ1n) is 3.73. The van der Waals surface area contributed by atoms with Gasteiger partial charge in [-0.05, 0) is 0 Å². The zero-order valence-corrected chi connectivity index (χ0v) is 6.91. The van der Waals surface area contributed by atoms with Crippen LogP contribution in [0.5, 0.6) is 0 Å². The van der Waals surface area contributed by atoms with Crippen molar-refractivity contribution in [2.75, 3.05) is 0 Å². The van der Waals surface area contributed by atoms with Crippen molar-refractivity contribution < 1.29 is 14.4 Å². The highest BCUT2D eigenvalue weighted by Crippen LogP contribution is 2.17. The Morgan fingerprint density at radius 1 is 1.36 bits per heavy atom. The quantitative estimate of drug-likeness (QED) is 0.756. The van der Waals surface area contributed by atoms with Gasteiger partial charge in [-0.1, -0.05) is 5.16 Å². The lowest BCUT2D eigenvalue weighted by atomic mass is 10.2. The molecule has 1 N–H and O–H groups in total. The summed E-state index contributed by atoms with van der Waals surface area (Å²) in [6.45, 7) is 0. The monoisotopic (exact) mass is 191 g/mol. The average Bonchev–Trinajstić information content (AvgIpc) is 2.68. The number of rotatable bonds is 2. The van der Waals surface area contributed by atoms with Crippen LogP contribution in [0.3, 0.4) is 0 Å². The number of carboxylic acid groups (broad SMARTS) is 1. The lowest BCUT2D eigenvalue weighted by molar-refractivity contribution is 0.0686. The molecule has 2 rings (SSSR count). The molecular formula is C8H5N3O3. The van der Waals surface area contributed by atoms with Gasteiger partial charge in [0.05, 0.1) is 5.56 Å². The fraction of sp³-hybridized carbons (Fsp3) is 0. The second-order valence-electron chi connectivity index (χ2n) is 2.51. The first-order chi connectivity index (χ1) is 6.77. The average molecular weight is 191 g/mol. The van der Waals surface area contributed by atoms with Crippen LogP contribution in [0.1, 0.15) is 10.5 Å². The Morgan fingerprint density at radius 2 is 2.07 bits per heavy atom. The predicted molar refractivity (Wildman–Crippen MR) is 44.5 cm³/mol. The molecule has 0 saturated heterocycles. The van der Waals surface area contributed by atoms with E-state index in [1.165, 1.54) is 24.8 Å². The fourth-order valence-corrected chi connectivity index (χ4v) is 0.938. The molecule has 0 atom stereocenters. The predicted octanol–water partition coefficient (Wildman–Crippen LogP) is 0.830. The normalized spacial score (nSPS) is 10.0. The third-order valence-electron chi connectivity index (χ3n) is 1.57. The molecule has 0 bridgehead atoms. The van der Waals surface area contributed by atoms with Crippen LogP contribution in [-0.4, -0.2) is 26.2 Å². The summed E-state index contributed by atoms with van der Waals surface area (Å²) in [6, 6.07) is 1.32. The standard InChI is InChI=1S/C8H5N3O3/c12-8(13)6-1-7(14-11-6)5-2-9-4-10-3-5/h1-4H,(H,12,13). The second kappa shape index (κ2) is 3.25. The van der Waals surface area contributed by atoms with Gasteiger partial charge in [-0.25, -0.2) is 14.8 Å². The van der Waals surface area contributed by atoms with Crippen molar-refractivity contribution in [1.29, 1.82) is 0 Å². The molecule has 0 saturated carbocycles. The summed E-state index contributed by atoms with van der Waals surface area (Å²) in [5.41, 5.74) is 0.455. The molecule has 6 heteroatoms. The van der Waals surface area contributed by atoms with E-state index >= 15 is 0 Å². The minimum atomic E-state index is -1.13. The van der Waals surface area contributed by atoms with Gasteiger partial charge >= 0.3 is 5.97 Å². The van der Waals surface area contributed by atoms with Gasteiger partial charge in [-0.15, -0.1) is 0 Å². The summed E-state index contributed by atoms with van der Waals surface area (Å²) in [5, 5.41) is 12.0. The van der Waals surface area contributed by atoms with Gasteiger partial charge in [0.25, 0.3) is 0 Å². The molecule has 0 aliphatic heterocycles. The lowest BCUT2D eigenvalue weighted by Gasteiger charge is -1.89. The first-order valence-corrected chi connectivity index (χ1v) is 3.73. The molecule has 0 radical (unpaired) electrons. The number of hydrogen-bond acceptors (Lipinski definition) is 5. The Morgan fingerprint density at radius 3 is 2.64 bits per heavy atom. The van der Waals surface area contributed by atoms with Gasteiger partial charge in [0, 0.05) is 18.5 Å². The van der Waals surface area contributed by atoms with Crippen LogP contribution in [0.15, 0.2) is 29.3 Å². The summed E-state index contributed by atoms with van der Waals surface area (Å²) < 4.78 is 4.80. The van der Waals surface area contributed by atoms with Gasteiger partial charge in [-0.2, -0.15) is 0 Å². The minimum Gasteiger partial charge on any atom is -0.476 e. The van der Waals surface area contributed by atoms with Crippen LogP contribution in [0.2, 0.25) is 0 Å². The van der Waals surface area contributed by atoms with E-state index in [1.54, 1.807) is 0 Å². The van der Waals surface area contributed by atoms with Crippen molar-refractivity contribution >= 4 is 5.97 Å². The van der Waals surface area contributed by atoms with Crippen molar-refractivity contribution in [3.63, 3.8) is 0 Å². The fourth-order valence-electron chi connectivity index (χ4n) is 0.938. The molecule has 6 nitrogen and oxygen atoms in total. The third-order valence-corrected chi connectivity index (χ3v) is 1.57. The van der Waals surface area contributed by atoms with Crippen LogP contribution in [0.25, 0.3) is 11.3 Å². The highest BCUT2D eigenvalue weighted by Gasteiger charge is 2.11. The molecule has 2 heterocycles. The third kappa shape index (κ3) is 1.45. The number of aromatic nitrogens is 3. The van der Waals surface area contributed by atoms with E-state index in [2.05, 4.69) is 15.1 Å². The molecular weight excluding hydrogens is 186 g/mol. The van der Waals surface area contributed by atoms with Gasteiger partial charge in [0.15, 0.2) is 11.5 Å². The Hall–Kier alpha value is -2.24. The van der Waals surface area contributed by atoms with Crippen LogP contribution in [-0.2, 0) is 0 Å². The van der Waals surface area contributed by atoms with Crippen molar-refractivity contribution in [2.24, 2.45) is 0 Å². The van der Waals surface area contributed by atoms with E-state index in [0.717, 1.165) is 0 Å². The summed E-state index contributed by atoms with van der Waals surface area (Å²) in [7, 11) is 0. The maximum Gasteiger partial charge on any atom is 0.358 e. The SMILES string of the molecule is O=C(O)c1cc(-c2cncnc2)on1. The minimum absolute atomic E-state index is 0.135. The Bertz CT molecular complexity index is 452. The molecule has 0 aromatic carbocycles. The van der Waals surface area contributed by atoms with Crippen molar-refractivity contribution in [3.8, 4) is 11.3 Å².